The monoisotopic (exact) mass is 791 g/mol. The fraction of sp³-hybridized carbons (Fsp3) is 0.304. The van der Waals surface area contributed by atoms with E-state index in [1.165, 1.54) is 13.2 Å². The molecule has 12 heteroatoms. The number of benzene rings is 4. The summed E-state index contributed by atoms with van der Waals surface area (Å²) in [6, 6.07) is 32.5. The first kappa shape index (κ1) is 44.5. The molecule has 0 radical (unpaired) electrons. The van der Waals surface area contributed by atoms with Crippen LogP contribution in [0.1, 0.15) is 47.6 Å². The largest absolute Gasteiger partial charge is 0.489 e. The highest BCUT2D eigenvalue weighted by Crippen LogP contribution is 2.25. The third kappa shape index (κ3) is 15.0. The van der Waals surface area contributed by atoms with E-state index < -0.39 is 54.0 Å². The lowest BCUT2D eigenvalue weighted by Crippen LogP contribution is -2.49. The Labute approximate surface area is 340 Å². The van der Waals surface area contributed by atoms with Crippen LogP contribution in [0, 0.1) is 5.92 Å². The molecule has 0 spiro atoms. The molecule has 4 rings (SSSR count). The van der Waals surface area contributed by atoms with Crippen LogP contribution in [-0.4, -0.2) is 67.4 Å². The molecular weight excluding hydrogens is 739 g/mol. The van der Waals surface area contributed by atoms with Gasteiger partial charge in [0.05, 0.1) is 31.2 Å². The van der Waals surface area contributed by atoms with E-state index in [2.05, 4.69) is 29.1 Å². The maximum atomic E-state index is 13.9. The van der Waals surface area contributed by atoms with E-state index in [1.54, 1.807) is 48.5 Å². The number of hydrogen-bond acceptors (Lipinski definition) is 9. The second kappa shape index (κ2) is 24.4. The Morgan fingerprint density at radius 1 is 0.724 bits per heavy atom. The Hall–Kier alpha value is -6.24. The molecule has 0 saturated carbocycles. The van der Waals surface area contributed by atoms with Crippen LogP contribution in [-0.2, 0) is 48.2 Å². The predicted molar refractivity (Wildman–Crippen MR) is 220 cm³/mol. The van der Waals surface area contributed by atoms with Crippen molar-refractivity contribution in [2.24, 2.45) is 5.92 Å². The van der Waals surface area contributed by atoms with Crippen molar-refractivity contribution in [1.29, 1.82) is 0 Å². The van der Waals surface area contributed by atoms with Crippen LogP contribution in [0.5, 0.6) is 5.75 Å². The van der Waals surface area contributed by atoms with Crippen molar-refractivity contribution in [3.8, 4) is 5.75 Å². The van der Waals surface area contributed by atoms with Gasteiger partial charge in [-0.3, -0.25) is 9.59 Å². The molecule has 0 unspecified atom stereocenters. The molecule has 0 bridgehead atoms. The first-order valence-electron chi connectivity index (χ1n) is 19.1. The van der Waals surface area contributed by atoms with Crippen molar-refractivity contribution >= 4 is 23.9 Å². The molecule has 3 amide bonds. The number of esters is 1. The molecule has 4 aromatic carbocycles. The molecule has 4 aromatic rings. The predicted octanol–water partition coefficient (Wildman–Crippen LogP) is 6.15. The minimum absolute atomic E-state index is 0.00120. The van der Waals surface area contributed by atoms with E-state index in [4.69, 9.17) is 18.9 Å². The van der Waals surface area contributed by atoms with E-state index in [0.29, 0.717) is 24.3 Å². The number of carbonyl (C=O) groups excluding carboxylic acids is 4. The molecule has 0 aromatic heterocycles. The molecule has 0 saturated heterocycles. The first-order chi connectivity index (χ1) is 28.2. The zero-order chi connectivity index (χ0) is 41.5. The van der Waals surface area contributed by atoms with Gasteiger partial charge in [0.15, 0.2) is 0 Å². The van der Waals surface area contributed by atoms with Crippen LogP contribution in [0.15, 0.2) is 141 Å². The van der Waals surface area contributed by atoms with Crippen molar-refractivity contribution in [2.45, 2.75) is 63.1 Å². The first-order valence-corrected chi connectivity index (χ1v) is 19.1. The highest BCUT2D eigenvalue weighted by Gasteiger charge is 2.34. The van der Waals surface area contributed by atoms with Crippen LogP contribution in [0.4, 0.5) is 4.79 Å². The van der Waals surface area contributed by atoms with Gasteiger partial charge in [-0.2, -0.15) is 0 Å². The quantitative estimate of drug-likeness (QED) is 0.0482. The molecule has 0 heterocycles. The summed E-state index contributed by atoms with van der Waals surface area (Å²) in [6.45, 7) is 7.54. The SMILES string of the molecule is C=CC[C@@H](CC(=O)N[C@H](CO)Cc1ccc(OCc2ccccc2)cc1)C(=O)N[C@@H](COC)[C@@H](OC(=O)[C@@H](CC=C)NC(=O)OCc1ccccc1)c1ccccc1. The van der Waals surface area contributed by atoms with Crippen molar-refractivity contribution < 1.29 is 43.2 Å². The number of aliphatic hydroxyl groups excluding tert-OH is 1. The number of aliphatic hydroxyl groups is 1. The molecule has 0 aliphatic rings. The summed E-state index contributed by atoms with van der Waals surface area (Å²) in [4.78, 5) is 53.6. The van der Waals surface area contributed by atoms with Crippen molar-refractivity contribution in [1.82, 2.24) is 16.0 Å². The highest BCUT2D eigenvalue weighted by atomic mass is 16.6. The summed E-state index contributed by atoms with van der Waals surface area (Å²) >= 11 is 0. The molecule has 5 atom stereocenters. The second-order valence-corrected chi connectivity index (χ2v) is 13.6. The Kier molecular flexibility index (Phi) is 18.7. The van der Waals surface area contributed by atoms with Gasteiger partial charge < -0.3 is 40.0 Å². The van der Waals surface area contributed by atoms with Gasteiger partial charge in [0, 0.05) is 13.5 Å². The molecule has 0 aliphatic carbocycles. The van der Waals surface area contributed by atoms with Gasteiger partial charge >= 0.3 is 12.1 Å². The lowest BCUT2D eigenvalue weighted by molar-refractivity contribution is -0.155. The number of nitrogens with one attached hydrogen (secondary N) is 3. The number of methoxy groups -OCH3 is 1. The minimum Gasteiger partial charge on any atom is -0.489 e. The van der Waals surface area contributed by atoms with Crippen molar-refractivity contribution in [3.63, 3.8) is 0 Å². The van der Waals surface area contributed by atoms with E-state index in [0.717, 1.165) is 16.7 Å². The second-order valence-electron chi connectivity index (χ2n) is 13.6. The van der Waals surface area contributed by atoms with Gasteiger partial charge in [-0.15, -0.1) is 13.2 Å². The zero-order valence-electron chi connectivity index (χ0n) is 32.8. The summed E-state index contributed by atoms with van der Waals surface area (Å²) < 4.78 is 22.7. The van der Waals surface area contributed by atoms with E-state index in [-0.39, 0.29) is 39.1 Å². The smallest absolute Gasteiger partial charge is 0.408 e. The summed E-state index contributed by atoms with van der Waals surface area (Å²) in [5.74, 6) is -1.87. The minimum atomic E-state index is -1.14. The van der Waals surface area contributed by atoms with Gasteiger partial charge in [-0.05, 0) is 53.6 Å². The van der Waals surface area contributed by atoms with Crippen molar-refractivity contribution in [3.05, 3.63) is 163 Å². The summed E-state index contributed by atoms with van der Waals surface area (Å²) in [6.07, 6.45) is 1.51. The molecule has 0 fully saturated rings. The zero-order valence-corrected chi connectivity index (χ0v) is 32.8. The van der Waals surface area contributed by atoms with Gasteiger partial charge in [-0.25, -0.2) is 9.59 Å². The number of ether oxygens (including phenoxy) is 4. The highest BCUT2D eigenvalue weighted by molar-refractivity contribution is 5.86. The number of carbonyl (C=O) groups is 4. The van der Waals surface area contributed by atoms with Gasteiger partial charge in [0.1, 0.15) is 31.1 Å². The number of allylic oxidation sites excluding steroid dienone is 1. The number of hydrogen-bond donors (Lipinski definition) is 4. The van der Waals surface area contributed by atoms with Crippen LogP contribution >= 0.6 is 0 Å². The number of alkyl carbamates (subject to hydrolysis) is 1. The van der Waals surface area contributed by atoms with E-state index >= 15 is 0 Å². The van der Waals surface area contributed by atoms with Crippen LogP contribution in [0.3, 0.4) is 0 Å². The summed E-state index contributed by atoms with van der Waals surface area (Å²) in [7, 11) is 1.45. The summed E-state index contributed by atoms with van der Waals surface area (Å²) in [5.41, 5.74) is 3.26. The molecule has 58 heavy (non-hydrogen) atoms. The molecule has 0 aliphatic heterocycles. The van der Waals surface area contributed by atoms with E-state index in [9.17, 15) is 24.3 Å². The Morgan fingerprint density at radius 3 is 1.91 bits per heavy atom. The van der Waals surface area contributed by atoms with Crippen LogP contribution in [0.25, 0.3) is 0 Å². The standard InChI is InChI=1S/C46H53N3O9/c1-4-15-37(28-42(51)47-38(29-50)27-33-23-25-39(26-24-33)56-30-34-17-9-6-10-18-34)44(52)48-41(32-55-3)43(36-21-13-8-14-22-36)58-45(53)40(16-5-2)49-46(54)57-31-35-19-11-7-12-20-35/h4-14,17-26,37-38,40-41,43,50H,1-2,15-16,27-32H2,3H3,(H,47,51)(H,48,52)(H,49,54)/t37-,38-,40+,41-,43-/m0/s1. The maximum Gasteiger partial charge on any atom is 0.408 e. The van der Waals surface area contributed by atoms with Crippen molar-refractivity contribution in [2.75, 3.05) is 20.3 Å². The number of rotatable bonds is 24. The average molecular weight is 792 g/mol. The lowest BCUT2D eigenvalue weighted by Gasteiger charge is -2.30. The van der Waals surface area contributed by atoms with Gasteiger partial charge in [0.2, 0.25) is 11.8 Å². The Morgan fingerprint density at radius 2 is 1.33 bits per heavy atom. The topological polar surface area (TPSA) is 162 Å². The third-order valence-corrected chi connectivity index (χ3v) is 9.10. The number of amides is 3. The fourth-order valence-corrected chi connectivity index (χ4v) is 6.11. The molecular formula is C46H53N3O9. The van der Waals surface area contributed by atoms with Crippen LogP contribution in [0.2, 0.25) is 0 Å². The molecule has 12 nitrogen and oxygen atoms in total. The molecule has 306 valence electrons. The van der Waals surface area contributed by atoms with Gasteiger partial charge in [-0.1, -0.05) is 115 Å². The van der Waals surface area contributed by atoms with Gasteiger partial charge in [0.25, 0.3) is 0 Å². The lowest BCUT2D eigenvalue weighted by atomic mass is 9.97. The maximum absolute atomic E-state index is 13.9. The summed E-state index contributed by atoms with van der Waals surface area (Å²) in [5, 5.41) is 18.5. The van der Waals surface area contributed by atoms with E-state index in [1.807, 2.05) is 72.8 Å². The fourth-order valence-electron chi connectivity index (χ4n) is 6.11. The third-order valence-electron chi connectivity index (χ3n) is 9.10. The average Bonchev–Trinajstić information content (AvgIpc) is 3.24. The Balaban J connectivity index is 1.39. The molecule has 4 N–H and O–H groups in total. The van der Waals surface area contributed by atoms with Crippen LogP contribution < -0.4 is 20.7 Å². The Bertz CT molecular complexity index is 1880. The normalized spacial score (nSPS) is 13.3.